The molecule has 6 rings (SSSR count). The number of carbonyl (C=O) groups excluding carboxylic acids is 3. The molecule has 9 heteroatoms. The summed E-state index contributed by atoms with van der Waals surface area (Å²) in [5.41, 5.74) is -0.363. The molecule has 8 atom stereocenters. The third kappa shape index (κ3) is 4.77. The number of fused-ring (bicyclic) bond motifs is 1. The lowest BCUT2D eigenvalue weighted by molar-refractivity contribution is -0.142. The lowest BCUT2D eigenvalue weighted by Crippen LogP contribution is -2.57. The fraction of sp³-hybridized carbons (Fsp3) is 0.469. The Bertz CT molecular complexity index is 1400. The number of amides is 3. The van der Waals surface area contributed by atoms with Crippen molar-refractivity contribution in [3.05, 3.63) is 72.1 Å². The number of carbonyl (C=O) groups is 3. The van der Waals surface area contributed by atoms with Crippen LogP contribution in [0.3, 0.4) is 0 Å². The molecule has 4 aliphatic rings. The predicted octanol–water partition coefficient (Wildman–Crippen LogP) is 4.78. The van der Waals surface area contributed by atoms with Gasteiger partial charge in [-0.15, -0.1) is 11.8 Å². The number of benzene rings is 2. The first-order chi connectivity index (χ1) is 19.7. The van der Waals surface area contributed by atoms with E-state index in [0.717, 1.165) is 24.2 Å². The van der Waals surface area contributed by atoms with E-state index >= 15 is 0 Å². The standard InChI is InChI=1S/C32H36FN3O4S/c1-18-8-6-13-24(19(18)2)35-30(38)28-32-15-14-25(40-32)26(29(37)34-21-10-7-11-22(16-21)41-3)27(32)31(39)36(28)17-20-9-4-5-12-23(20)33/h4-5,7,9-12,14-16,18-19,24-28H,6,8,13,17H2,1-3H3,(H,34,37)(H,35,38). The van der Waals surface area contributed by atoms with E-state index in [1.165, 1.54) is 11.0 Å². The third-order valence-electron chi connectivity index (χ3n) is 9.60. The second kappa shape index (κ2) is 10.9. The Hall–Kier alpha value is -3.17. The molecule has 2 bridgehead atoms. The molecule has 41 heavy (non-hydrogen) atoms. The summed E-state index contributed by atoms with van der Waals surface area (Å²) >= 11 is 1.57. The van der Waals surface area contributed by atoms with E-state index in [2.05, 4.69) is 24.5 Å². The number of thioether (sulfide) groups is 1. The van der Waals surface area contributed by atoms with Crippen LogP contribution in [0.25, 0.3) is 0 Å². The number of anilines is 1. The molecular weight excluding hydrogens is 541 g/mol. The largest absolute Gasteiger partial charge is 0.359 e. The third-order valence-corrected chi connectivity index (χ3v) is 10.3. The molecule has 3 fully saturated rings. The van der Waals surface area contributed by atoms with E-state index in [-0.39, 0.29) is 36.2 Å². The molecule has 0 aromatic heterocycles. The number of hydrogen-bond acceptors (Lipinski definition) is 5. The van der Waals surface area contributed by atoms with Crippen LogP contribution >= 0.6 is 11.8 Å². The maximum atomic E-state index is 14.8. The van der Waals surface area contributed by atoms with E-state index in [1.807, 2.05) is 24.5 Å². The van der Waals surface area contributed by atoms with E-state index in [4.69, 9.17) is 4.74 Å². The molecule has 2 N–H and O–H groups in total. The van der Waals surface area contributed by atoms with Gasteiger partial charge in [0.15, 0.2) is 0 Å². The Balaban J connectivity index is 1.33. The Morgan fingerprint density at radius 1 is 1.12 bits per heavy atom. The lowest BCUT2D eigenvalue weighted by Gasteiger charge is -2.38. The van der Waals surface area contributed by atoms with Gasteiger partial charge in [-0.3, -0.25) is 14.4 Å². The number of nitrogens with one attached hydrogen (secondary N) is 2. The van der Waals surface area contributed by atoms with Crippen molar-refractivity contribution >= 4 is 35.2 Å². The summed E-state index contributed by atoms with van der Waals surface area (Å²) in [5.74, 6) is -2.44. The van der Waals surface area contributed by atoms with Crippen molar-refractivity contribution in [2.45, 2.75) is 68.3 Å². The van der Waals surface area contributed by atoms with Crippen molar-refractivity contribution in [2.75, 3.05) is 11.6 Å². The van der Waals surface area contributed by atoms with Gasteiger partial charge in [0.1, 0.15) is 17.5 Å². The summed E-state index contributed by atoms with van der Waals surface area (Å²) in [6.07, 6.45) is 7.91. The van der Waals surface area contributed by atoms with Crippen LogP contribution in [-0.2, 0) is 25.7 Å². The molecular formula is C32H36FN3O4S. The topological polar surface area (TPSA) is 87.7 Å². The molecule has 3 heterocycles. The fourth-order valence-electron chi connectivity index (χ4n) is 7.22. The van der Waals surface area contributed by atoms with Gasteiger partial charge in [-0.05, 0) is 48.8 Å². The average Bonchev–Trinajstić information content (AvgIpc) is 3.60. The number of hydrogen-bond donors (Lipinski definition) is 2. The molecule has 7 nitrogen and oxygen atoms in total. The van der Waals surface area contributed by atoms with Gasteiger partial charge in [0, 0.05) is 28.7 Å². The first-order valence-corrected chi connectivity index (χ1v) is 15.6. The second-order valence-corrected chi connectivity index (χ2v) is 12.7. The highest BCUT2D eigenvalue weighted by atomic mass is 32.2. The van der Waals surface area contributed by atoms with Crippen LogP contribution in [0.15, 0.2) is 65.6 Å². The van der Waals surface area contributed by atoms with E-state index in [1.54, 1.807) is 48.2 Å². The summed E-state index contributed by atoms with van der Waals surface area (Å²) in [4.78, 5) is 44.5. The van der Waals surface area contributed by atoms with Crippen LogP contribution in [0, 0.1) is 29.5 Å². The van der Waals surface area contributed by atoms with Gasteiger partial charge in [-0.1, -0.05) is 63.1 Å². The first kappa shape index (κ1) is 28.0. The van der Waals surface area contributed by atoms with Crippen molar-refractivity contribution in [3.63, 3.8) is 0 Å². The molecule has 3 amide bonds. The van der Waals surface area contributed by atoms with E-state index in [9.17, 15) is 18.8 Å². The van der Waals surface area contributed by atoms with Crippen molar-refractivity contribution in [3.8, 4) is 0 Å². The van der Waals surface area contributed by atoms with Crippen molar-refractivity contribution in [1.82, 2.24) is 10.2 Å². The van der Waals surface area contributed by atoms with Crippen LogP contribution in [0.1, 0.15) is 38.7 Å². The summed E-state index contributed by atoms with van der Waals surface area (Å²) < 4.78 is 21.2. The highest BCUT2D eigenvalue weighted by molar-refractivity contribution is 7.98. The summed E-state index contributed by atoms with van der Waals surface area (Å²) in [6, 6.07) is 12.7. The van der Waals surface area contributed by atoms with Gasteiger partial charge in [-0.25, -0.2) is 4.39 Å². The zero-order valence-electron chi connectivity index (χ0n) is 23.5. The minimum atomic E-state index is -1.30. The average molecular weight is 578 g/mol. The van der Waals surface area contributed by atoms with Crippen molar-refractivity contribution in [1.29, 1.82) is 0 Å². The van der Waals surface area contributed by atoms with Crippen LogP contribution in [0.2, 0.25) is 0 Å². The van der Waals surface area contributed by atoms with Gasteiger partial charge in [0.25, 0.3) is 0 Å². The number of halogens is 1. The molecule has 2 saturated heterocycles. The maximum absolute atomic E-state index is 14.8. The lowest BCUT2D eigenvalue weighted by atomic mass is 9.73. The SMILES string of the molecule is CSc1cccc(NC(=O)C2C3C=CC4(O3)C2C(=O)N(Cc2ccccc2F)C4C(=O)NC2CCCC(C)C2C)c1. The molecule has 1 aliphatic carbocycles. The summed E-state index contributed by atoms with van der Waals surface area (Å²) in [5, 5.41) is 6.21. The van der Waals surface area contributed by atoms with E-state index in [0.29, 0.717) is 17.2 Å². The Labute approximate surface area is 244 Å². The number of ether oxygens (including phenoxy) is 1. The maximum Gasteiger partial charge on any atom is 0.246 e. The molecule has 216 valence electrons. The number of likely N-dealkylation sites (tertiary alicyclic amines) is 1. The van der Waals surface area contributed by atoms with Gasteiger partial charge >= 0.3 is 0 Å². The number of nitrogens with zero attached hydrogens (tertiary/aromatic N) is 1. The monoisotopic (exact) mass is 577 g/mol. The van der Waals surface area contributed by atoms with Gasteiger partial charge in [-0.2, -0.15) is 0 Å². The smallest absolute Gasteiger partial charge is 0.246 e. The molecule has 2 aromatic carbocycles. The van der Waals surface area contributed by atoms with Gasteiger partial charge in [0.2, 0.25) is 17.7 Å². The van der Waals surface area contributed by atoms with Gasteiger partial charge in [0.05, 0.1) is 17.9 Å². The van der Waals surface area contributed by atoms with Crippen molar-refractivity contribution in [2.24, 2.45) is 23.7 Å². The van der Waals surface area contributed by atoms with E-state index < -0.39 is 35.4 Å². The first-order valence-electron chi connectivity index (χ1n) is 14.4. The van der Waals surface area contributed by atoms with Gasteiger partial charge < -0.3 is 20.3 Å². The normalized spacial score (nSPS) is 33.6. The summed E-state index contributed by atoms with van der Waals surface area (Å²) in [6.45, 7) is 4.25. The molecule has 0 radical (unpaired) electrons. The summed E-state index contributed by atoms with van der Waals surface area (Å²) in [7, 11) is 0. The highest BCUT2D eigenvalue weighted by Gasteiger charge is 2.72. The van der Waals surface area contributed by atoms with Crippen LogP contribution < -0.4 is 10.6 Å². The molecule has 2 aromatic rings. The van der Waals surface area contributed by atoms with Crippen LogP contribution in [0.5, 0.6) is 0 Å². The Kier molecular flexibility index (Phi) is 7.44. The molecule has 8 unspecified atom stereocenters. The Morgan fingerprint density at radius 3 is 2.71 bits per heavy atom. The molecule has 1 saturated carbocycles. The zero-order valence-corrected chi connectivity index (χ0v) is 24.3. The minimum Gasteiger partial charge on any atom is -0.359 e. The second-order valence-electron chi connectivity index (χ2n) is 11.9. The highest BCUT2D eigenvalue weighted by Crippen LogP contribution is 2.55. The quantitative estimate of drug-likeness (QED) is 0.366. The predicted molar refractivity (Wildman–Crippen MR) is 155 cm³/mol. The van der Waals surface area contributed by atoms with Crippen LogP contribution in [-0.4, -0.2) is 52.7 Å². The Morgan fingerprint density at radius 2 is 1.93 bits per heavy atom. The van der Waals surface area contributed by atoms with Crippen molar-refractivity contribution < 1.29 is 23.5 Å². The van der Waals surface area contributed by atoms with Crippen LogP contribution in [0.4, 0.5) is 10.1 Å². The fourth-order valence-corrected chi connectivity index (χ4v) is 7.68. The molecule has 1 spiro atoms. The minimum absolute atomic E-state index is 0.0301. The zero-order chi connectivity index (χ0) is 28.9. The molecule has 3 aliphatic heterocycles. The number of rotatable bonds is 7.